The van der Waals surface area contributed by atoms with Crippen LogP contribution >= 0.6 is 11.6 Å². The van der Waals surface area contributed by atoms with Crippen molar-refractivity contribution in [2.75, 3.05) is 10.6 Å². The van der Waals surface area contributed by atoms with Crippen molar-refractivity contribution in [3.05, 3.63) is 80.1 Å². The Morgan fingerprint density at radius 1 is 0.667 bits per heavy atom. The molecular formula is C16H11ClN2O2. The fourth-order valence-electron chi connectivity index (χ4n) is 1.97. The van der Waals surface area contributed by atoms with Gasteiger partial charge in [0.25, 0.3) is 10.9 Å². The van der Waals surface area contributed by atoms with Crippen LogP contribution in [-0.4, -0.2) is 0 Å². The minimum absolute atomic E-state index is 0.270. The lowest BCUT2D eigenvalue weighted by molar-refractivity contribution is 1.36. The van der Waals surface area contributed by atoms with Crippen LogP contribution in [0.4, 0.5) is 22.7 Å². The first kappa shape index (κ1) is 13.4. The summed E-state index contributed by atoms with van der Waals surface area (Å²) in [5.74, 6) is 0. The third kappa shape index (κ3) is 2.66. The van der Waals surface area contributed by atoms with Crippen LogP contribution in [0.5, 0.6) is 0 Å². The molecule has 0 amide bonds. The fourth-order valence-corrected chi connectivity index (χ4v) is 2.10. The zero-order valence-electron chi connectivity index (χ0n) is 10.9. The van der Waals surface area contributed by atoms with Crippen LogP contribution < -0.4 is 21.5 Å². The Kier molecular flexibility index (Phi) is 3.46. The van der Waals surface area contributed by atoms with Gasteiger partial charge in [0.15, 0.2) is 0 Å². The van der Waals surface area contributed by atoms with E-state index in [-0.39, 0.29) is 11.4 Å². The van der Waals surface area contributed by atoms with E-state index in [4.69, 9.17) is 11.6 Å². The minimum Gasteiger partial charge on any atom is -0.350 e. The molecule has 3 aromatic carbocycles. The number of rotatable bonds is 4. The lowest BCUT2D eigenvalue weighted by Gasteiger charge is -2.14. The minimum atomic E-state index is -0.525. The molecule has 0 aliphatic rings. The van der Waals surface area contributed by atoms with Gasteiger partial charge < -0.3 is 10.6 Å². The molecule has 0 aliphatic carbocycles. The summed E-state index contributed by atoms with van der Waals surface area (Å²) in [7, 11) is 0. The molecule has 0 aromatic heterocycles. The van der Waals surface area contributed by atoms with Crippen molar-refractivity contribution in [1.29, 1.82) is 0 Å². The molecule has 3 aromatic rings. The van der Waals surface area contributed by atoms with Crippen molar-refractivity contribution in [1.82, 2.24) is 0 Å². The number of nitrogens with one attached hydrogen (secondary N) is 2. The molecule has 0 heterocycles. The van der Waals surface area contributed by atoms with E-state index in [1.54, 1.807) is 24.3 Å². The highest BCUT2D eigenvalue weighted by Crippen LogP contribution is 2.24. The third-order valence-electron chi connectivity index (χ3n) is 3.07. The number of hydrogen-bond acceptors (Lipinski definition) is 4. The maximum Gasteiger partial charge on any atom is 0.253 e. The number of para-hydroxylation sites is 1. The van der Waals surface area contributed by atoms with E-state index in [1.165, 1.54) is 0 Å². The van der Waals surface area contributed by atoms with E-state index in [0.29, 0.717) is 10.7 Å². The molecule has 0 saturated heterocycles. The molecule has 2 N–H and O–H groups in total. The Morgan fingerprint density at radius 3 is 1.67 bits per heavy atom. The van der Waals surface area contributed by atoms with Gasteiger partial charge in [0.2, 0.25) is 0 Å². The molecule has 0 saturated carbocycles. The van der Waals surface area contributed by atoms with Gasteiger partial charge in [-0.05, 0) is 36.4 Å². The Bertz CT molecular complexity index is 835. The largest absolute Gasteiger partial charge is 0.350 e. The fraction of sp³-hybridized carbons (Fsp3) is 0. The van der Waals surface area contributed by atoms with Crippen molar-refractivity contribution < 1.29 is 0 Å². The van der Waals surface area contributed by atoms with E-state index >= 15 is 0 Å². The van der Waals surface area contributed by atoms with Gasteiger partial charge in [-0.2, -0.15) is 0 Å². The Balaban J connectivity index is 1.87. The van der Waals surface area contributed by atoms with E-state index < -0.39 is 10.9 Å². The molecule has 0 unspecified atom stereocenters. The van der Waals surface area contributed by atoms with Crippen LogP contribution in [0.1, 0.15) is 0 Å². The molecule has 104 valence electrons. The highest BCUT2D eigenvalue weighted by molar-refractivity contribution is 6.30. The standard InChI is InChI=1S/C16H11ClN2O2/c17-10-6-8-12(9-7-10)19-14-13(15(20)16(14)21)18-11-4-2-1-3-5-11/h1-9,18-19H. The van der Waals surface area contributed by atoms with Crippen molar-refractivity contribution in [3.63, 3.8) is 0 Å². The molecule has 0 radical (unpaired) electrons. The van der Waals surface area contributed by atoms with Crippen molar-refractivity contribution >= 4 is 34.4 Å². The molecule has 21 heavy (non-hydrogen) atoms. The Labute approximate surface area is 125 Å². The summed E-state index contributed by atoms with van der Waals surface area (Å²) in [5, 5.41) is 6.51. The van der Waals surface area contributed by atoms with Crippen molar-refractivity contribution in [2.24, 2.45) is 0 Å². The Morgan fingerprint density at radius 2 is 1.14 bits per heavy atom. The molecule has 0 spiro atoms. The van der Waals surface area contributed by atoms with Gasteiger partial charge >= 0.3 is 0 Å². The van der Waals surface area contributed by atoms with E-state index in [0.717, 1.165) is 5.69 Å². The van der Waals surface area contributed by atoms with Crippen LogP contribution in [0.3, 0.4) is 0 Å². The topological polar surface area (TPSA) is 58.2 Å². The second-order valence-electron chi connectivity index (χ2n) is 4.53. The third-order valence-corrected chi connectivity index (χ3v) is 3.32. The number of halogens is 1. The zero-order chi connectivity index (χ0) is 14.8. The monoisotopic (exact) mass is 298 g/mol. The average Bonchev–Trinajstić information content (AvgIpc) is 2.53. The number of benzene rings is 2. The Hall–Kier alpha value is -2.59. The molecule has 5 heteroatoms. The molecule has 0 aliphatic heterocycles. The molecule has 4 nitrogen and oxygen atoms in total. The summed E-state index contributed by atoms with van der Waals surface area (Å²) in [6.45, 7) is 0. The van der Waals surface area contributed by atoms with Crippen LogP contribution in [0.25, 0.3) is 0 Å². The van der Waals surface area contributed by atoms with Gasteiger partial charge in [0.1, 0.15) is 11.4 Å². The number of anilines is 4. The second kappa shape index (κ2) is 5.42. The summed E-state index contributed by atoms with van der Waals surface area (Å²) < 4.78 is 0. The zero-order valence-corrected chi connectivity index (χ0v) is 11.6. The van der Waals surface area contributed by atoms with E-state index in [1.807, 2.05) is 30.3 Å². The maximum atomic E-state index is 11.7. The summed E-state index contributed by atoms with van der Waals surface area (Å²) in [5.41, 5.74) is 0.956. The molecule has 0 bridgehead atoms. The SMILES string of the molecule is O=c1c(Nc2ccccc2)c(Nc2ccc(Cl)cc2)c1=O. The highest BCUT2D eigenvalue weighted by atomic mass is 35.5. The molecule has 0 atom stereocenters. The lowest BCUT2D eigenvalue weighted by atomic mass is 10.1. The quantitative estimate of drug-likeness (QED) is 0.725. The first-order valence-electron chi connectivity index (χ1n) is 6.33. The van der Waals surface area contributed by atoms with Crippen molar-refractivity contribution in [3.8, 4) is 0 Å². The molecular weight excluding hydrogens is 288 g/mol. The summed E-state index contributed by atoms with van der Waals surface area (Å²) in [4.78, 5) is 23.4. The van der Waals surface area contributed by atoms with Crippen LogP contribution in [0.2, 0.25) is 5.02 Å². The van der Waals surface area contributed by atoms with E-state index in [2.05, 4.69) is 10.6 Å². The van der Waals surface area contributed by atoms with Gasteiger partial charge in [-0.3, -0.25) is 9.59 Å². The highest BCUT2D eigenvalue weighted by Gasteiger charge is 2.21. The lowest BCUT2D eigenvalue weighted by Crippen LogP contribution is -2.35. The predicted octanol–water partition coefficient (Wildman–Crippen LogP) is 3.42. The normalized spacial score (nSPS) is 10.5. The summed E-state index contributed by atoms with van der Waals surface area (Å²) in [6, 6.07) is 16.1. The van der Waals surface area contributed by atoms with E-state index in [9.17, 15) is 9.59 Å². The first-order valence-corrected chi connectivity index (χ1v) is 6.71. The van der Waals surface area contributed by atoms with Gasteiger partial charge in [0, 0.05) is 16.4 Å². The number of hydrogen-bond donors (Lipinski definition) is 2. The van der Waals surface area contributed by atoms with Gasteiger partial charge in [-0.25, -0.2) is 0 Å². The van der Waals surface area contributed by atoms with Gasteiger partial charge in [-0.1, -0.05) is 29.8 Å². The second-order valence-corrected chi connectivity index (χ2v) is 4.97. The van der Waals surface area contributed by atoms with Crippen LogP contribution in [0.15, 0.2) is 64.2 Å². The van der Waals surface area contributed by atoms with Gasteiger partial charge in [0.05, 0.1) is 0 Å². The van der Waals surface area contributed by atoms with Crippen LogP contribution in [0, 0.1) is 0 Å². The molecule has 3 rings (SSSR count). The smallest absolute Gasteiger partial charge is 0.253 e. The van der Waals surface area contributed by atoms with Crippen molar-refractivity contribution in [2.45, 2.75) is 0 Å². The predicted molar refractivity (Wildman–Crippen MR) is 85.8 cm³/mol. The summed E-state index contributed by atoms with van der Waals surface area (Å²) in [6.07, 6.45) is 0. The molecule has 0 fully saturated rings. The average molecular weight is 299 g/mol. The first-order chi connectivity index (χ1) is 10.1. The van der Waals surface area contributed by atoms with Crippen LogP contribution in [-0.2, 0) is 0 Å². The van der Waals surface area contributed by atoms with Gasteiger partial charge in [-0.15, -0.1) is 0 Å². The maximum absolute atomic E-state index is 11.7. The summed E-state index contributed by atoms with van der Waals surface area (Å²) >= 11 is 5.81.